The maximum absolute atomic E-state index is 10.7. The summed E-state index contributed by atoms with van der Waals surface area (Å²) in [5, 5.41) is 20.5. The number of nitriles is 1. The summed E-state index contributed by atoms with van der Waals surface area (Å²) < 4.78 is 5.54. The predicted octanol–water partition coefficient (Wildman–Crippen LogP) is 3.42. The lowest BCUT2D eigenvalue weighted by molar-refractivity contribution is 0.0774. The Kier molecular flexibility index (Phi) is 3.11. The summed E-state index contributed by atoms with van der Waals surface area (Å²) in [4.78, 5) is 0. The molecule has 0 amide bonds. The minimum Gasteiger partial charge on any atom is -0.464 e. The molecule has 1 aromatic heterocycles. The molecule has 0 fully saturated rings. The van der Waals surface area contributed by atoms with Gasteiger partial charge in [0.1, 0.15) is 23.0 Å². The Hall–Kier alpha value is -2.05. The number of benzene rings is 1. The Morgan fingerprint density at radius 2 is 2.10 bits per heavy atom. The van der Waals surface area contributed by atoms with Crippen LogP contribution in [-0.4, -0.2) is 5.11 Å². The molecule has 1 aliphatic carbocycles. The maximum Gasteiger partial charge on any atom is 0.134 e. The first-order valence-electron chi connectivity index (χ1n) is 6.91. The second kappa shape index (κ2) is 4.81. The third kappa shape index (κ3) is 1.85. The average molecular weight is 267 g/mol. The third-order valence-electron chi connectivity index (χ3n) is 4.21. The van der Waals surface area contributed by atoms with Gasteiger partial charge in [-0.25, -0.2) is 0 Å². The van der Waals surface area contributed by atoms with Crippen molar-refractivity contribution in [1.29, 1.82) is 5.26 Å². The van der Waals surface area contributed by atoms with Crippen LogP contribution in [0.1, 0.15) is 41.6 Å². The Morgan fingerprint density at radius 3 is 2.80 bits per heavy atom. The first-order chi connectivity index (χ1) is 9.67. The molecule has 0 saturated carbocycles. The van der Waals surface area contributed by atoms with Crippen molar-refractivity contribution in [3.05, 3.63) is 59.0 Å². The van der Waals surface area contributed by atoms with Crippen molar-refractivity contribution in [2.45, 2.75) is 37.7 Å². The lowest BCUT2D eigenvalue weighted by Gasteiger charge is -2.36. The van der Waals surface area contributed by atoms with Crippen LogP contribution < -0.4 is 0 Å². The molecule has 1 aliphatic rings. The highest BCUT2D eigenvalue weighted by atomic mass is 16.4. The Balaban J connectivity index is 2.12. The number of aliphatic hydroxyl groups excluding tert-OH is 1. The van der Waals surface area contributed by atoms with Gasteiger partial charge < -0.3 is 9.52 Å². The van der Waals surface area contributed by atoms with Gasteiger partial charge in [0.2, 0.25) is 0 Å². The van der Waals surface area contributed by atoms with E-state index >= 15 is 0 Å². The second-order valence-corrected chi connectivity index (χ2v) is 5.44. The zero-order chi connectivity index (χ0) is 14.2. The zero-order valence-electron chi connectivity index (χ0n) is 11.5. The van der Waals surface area contributed by atoms with Crippen LogP contribution in [0.4, 0.5) is 0 Å². The van der Waals surface area contributed by atoms with Gasteiger partial charge in [0, 0.05) is 0 Å². The van der Waals surface area contributed by atoms with E-state index in [1.165, 1.54) is 0 Å². The van der Waals surface area contributed by atoms with Crippen molar-refractivity contribution in [3.8, 4) is 6.07 Å². The summed E-state index contributed by atoms with van der Waals surface area (Å²) in [7, 11) is 0. The SMILES string of the molecule is Cc1ccc(C(O)C2(C#N)CCCc3ccccc32)o1. The van der Waals surface area contributed by atoms with E-state index < -0.39 is 11.5 Å². The molecule has 0 aliphatic heterocycles. The van der Waals surface area contributed by atoms with Gasteiger partial charge in [-0.05, 0) is 49.4 Å². The fraction of sp³-hybridized carbons (Fsp3) is 0.353. The molecule has 1 N–H and O–H groups in total. The standard InChI is InChI=1S/C17H17NO2/c1-12-8-9-15(20-12)16(19)17(11-18)10-4-6-13-5-2-3-7-14(13)17/h2-3,5,7-9,16,19H,4,6,10H2,1H3. The molecule has 102 valence electrons. The molecule has 3 rings (SSSR count). The highest BCUT2D eigenvalue weighted by Crippen LogP contribution is 2.45. The summed E-state index contributed by atoms with van der Waals surface area (Å²) in [5.74, 6) is 1.22. The molecule has 2 aromatic rings. The number of furan rings is 1. The summed E-state index contributed by atoms with van der Waals surface area (Å²) >= 11 is 0. The first-order valence-corrected chi connectivity index (χ1v) is 6.91. The van der Waals surface area contributed by atoms with E-state index in [1.54, 1.807) is 6.07 Å². The Labute approximate surface area is 118 Å². The highest BCUT2D eigenvalue weighted by molar-refractivity contribution is 5.44. The molecule has 3 heteroatoms. The van der Waals surface area contributed by atoms with Crippen LogP contribution in [0.5, 0.6) is 0 Å². The molecule has 1 aromatic carbocycles. The number of hydrogen-bond acceptors (Lipinski definition) is 3. The van der Waals surface area contributed by atoms with E-state index in [4.69, 9.17) is 4.42 Å². The van der Waals surface area contributed by atoms with Gasteiger partial charge in [-0.2, -0.15) is 5.26 Å². The van der Waals surface area contributed by atoms with Crippen LogP contribution in [0.15, 0.2) is 40.8 Å². The van der Waals surface area contributed by atoms with Crippen molar-refractivity contribution < 1.29 is 9.52 Å². The molecule has 1 heterocycles. The van der Waals surface area contributed by atoms with E-state index in [-0.39, 0.29) is 0 Å². The number of aryl methyl sites for hydroxylation is 2. The summed E-state index contributed by atoms with van der Waals surface area (Å²) in [6.07, 6.45) is 1.59. The lowest BCUT2D eigenvalue weighted by atomic mass is 9.67. The van der Waals surface area contributed by atoms with Crippen molar-refractivity contribution in [2.75, 3.05) is 0 Å². The van der Waals surface area contributed by atoms with E-state index in [1.807, 2.05) is 37.3 Å². The van der Waals surface area contributed by atoms with E-state index in [0.29, 0.717) is 12.2 Å². The molecular weight excluding hydrogens is 250 g/mol. The molecule has 0 saturated heterocycles. The van der Waals surface area contributed by atoms with E-state index in [0.717, 1.165) is 29.7 Å². The summed E-state index contributed by atoms with van der Waals surface area (Å²) in [6.45, 7) is 1.84. The lowest BCUT2D eigenvalue weighted by Crippen LogP contribution is -2.35. The quantitative estimate of drug-likeness (QED) is 0.907. The van der Waals surface area contributed by atoms with Gasteiger partial charge >= 0.3 is 0 Å². The molecule has 2 atom stereocenters. The van der Waals surface area contributed by atoms with Crippen LogP contribution in [0, 0.1) is 18.3 Å². The van der Waals surface area contributed by atoms with Gasteiger partial charge in [0.15, 0.2) is 0 Å². The Bertz CT molecular complexity index is 668. The fourth-order valence-electron chi connectivity index (χ4n) is 3.17. The van der Waals surface area contributed by atoms with Crippen molar-refractivity contribution in [3.63, 3.8) is 0 Å². The number of hydrogen-bond donors (Lipinski definition) is 1. The smallest absolute Gasteiger partial charge is 0.134 e. The monoisotopic (exact) mass is 267 g/mol. The number of nitrogens with zero attached hydrogens (tertiary/aromatic N) is 1. The third-order valence-corrected chi connectivity index (χ3v) is 4.21. The predicted molar refractivity (Wildman–Crippen MR) is 75.1 cm³/mol. The molecule has 3 nitrogen and oxygen atoms in total. The number of aliphatic hydroxyl groups is 1. The maximum atomic E-state index is 10.7. The van der Waals surface area contributed by atoms with Gasteiger partial charge in [-0.3, -0.25) is 0 Å². The van der Waals surface area contributed by atoms with Gasteiger partial charge in [-0.15, -0.1) is 0 Å². The minimum atomic E-state index is -0.928. The van der Waals surface area contributed by atoms with Crippen molar-refractivity contribution in [2.24, 2.45) is 0 Å². The molecule has 2 unspecified atom stereocenters. The van der Waals surface area contributed by atoms with E-state index in [9.17, 15) is 10.4 Å². The van der Waals surface area contributed by atoms with Gasteiger partial charge in [-0.1, -0.05) is 24.3 Å². The number of rotatable bonds is 2. The van der Waals surface area contributed by atoms with Crippen molar-refractivity contribution >= 4 is 0 Å². The minimum absolute atomic E-state index is 0.473. The van der Waals surface area contributed by atoms with Crippen molar-refractivity contribution in [1.82, 2.24) is 0 Å². The molecule has 20 heavy (non-hydrogen) atoms. The second-order valence-electron chi connectivity index (χ2n) is 5.44. The highest BCUT2D eigenvalue weighted by Gasteiger charge is 2.45. The van der Waals surface area contributed by atoms with Crippen LogP contribution in [0.3, 0.4) is 0 Å². The molecule has 0 radical (unpaired) electrons. The molecule has 0 spiro atoms. The molecule has 0 bridgehead atoms. The molecular formula is C17H17NO2. The largest absolute Gasteiger partial charge is 0.464 e. The summed E-state index contributed by atoms with van der Waals surface area (Å²) in [5.41, 5.74) is 1.19. The topological polar surface area (TPSA) is 57.2 Å². The van der Waals surface area contributed by atoms with Crippen LogP contribution in [-0.2, 0) is 11.8 Å². The van der Waals surface area contributed by atoms with Crippen LogP contribution >= 0.6 is 0 Å². The Morgan fingerprint density at radius 1 is 1.30 bits per heavy atom. The normalized spacial score (nSPS) is 22.9. The first kappa shape index (κ1) is 13.0. The van der Waals surface area contributed by atoms with E-state index in [2.05, 4.69) is 6.07 Å². The fourth-order valence-corrected chi connectivity index (χ4v) is 3.17. The summed E-state index contributed by atoms with van der Waals surface area (Å²) in [6, 6.07) is 13.9. The zero-order valence-corrected chi connectivity index (χ0v) is 11.5. The van der Waals surface area contributed by atoms with Crippen LogP contribution in [0.25, 0.3) is 0 Å². The van der Waals surface area contributed by atoms with Gasteiger partial charge in [0.25, 0.3) is 0 Å². The average Bonchev–Trinajstić information content (AvgIpc) is 2.92. The van der Waals surface area contributed by atoms with Crippen LogP contribution in [0.2, 0.25) is 0 Å². The van der Waals surface area contributed by atoms with Gasteiger partial charge in [0.05, 0.1) is 6.07 Å². The number of fused-ring (bicyclic) bond motifs is 1.